The van der Waals surface area contributed by atoms with Crippen molar-refractivity contribution in [3.63, 3.8) is 0 Å². The molecule has 0 radical (unpaired) electrons. The first kappa shape index (κ1) is 19.4. The lowest BCUT2D eigenvalue weighted by molar-refractivity contribution is -0.121. The molecule has 3 rings (SSSR count). The first-order valence-corrected chi connectivity index (χ1v) is 9.36. The molecule has 0 saturated heterocycles. The van der Waals surface area contributed by atoms with Gasteiger partial charge >= 0.3 is 0 Å². The standard InChI is InChI=1S/C23H24N2O3/c1-17-11-13-19(14-12-17)22(18-7-3-2-4-8-18)25-21(26)10-5-15-24-23(27)20-9-6-16-28-20/h2-4,6-9,11-14,16,22H,5,10,15H2,1H3,(H,24,27)(H,25,26). The Morgan fingerprint density at radius 1 is 0.929 bits per heavy atom. The maximum absolute atomic E-state index is 12.5. The van der Waals surface area contributed by atoms with Crippen LogP contribution in [0.5, 0.6) is 0 Å². The zero-order chi connectivity index (χ0) is 19.8. The van der Waals surface area contributed by atoms with E-state index >= 15 is 0 Å². The van der Waals surface area contributed by atoms with Gasteiger partial charge in [0, 0.05) is 13.0 Å². The topological polar surface area (TPSA) is 71.3 Å². The van der Waals surface area contributed by atoms with Crippen LogP contribution in [-0.2, 0) is 4.79 Å². The van der Waals surface area contributed by atoms with Crippen LogP contribution in [0.15, 0.2) is 77.4 Å². The zero-order valence-electron chi connectivity index (χ0n) is 15.9. The molecule has 1 aromatic heterocycles. The van der Waals surface area contributed by atoms with Gasteiger partial charge in [-0.25, -0.2) is 0 Å². The molecule has 0 aliphatic carbocycles. The molecule has 2 N–H and O–H groups in total. The molecule has 2 amide bonds. The van der Waals surface area contributed by atoms with Crippen LogP contribution in [0.25, 0.3) is 0 Å². The van der Waals surface area contributed by atoms with Crippen molar-refractivity contribution >= 4 is 11.8 Å². The molecule has 2 aromatic carbocycles. The number of aryl methyl sites for hydroxylation is 1. The Balaban J connectivity index is 1.55. The Kier molecular flexibility index (Phi) is 6.63. The smallest absolute Gasteiger partial charge is 0.286 e. The highest BCUT2D eigenvalue weighted by Crippen LogP contribution is 2.22. The number of carbonyl (C=O) groups is 2. The van der Waals surface area contributed by atoms with Crippen molar-refractivity contribution in [3.8, 4) is 0 Å². The molecule has 0 aliphatic rings. The monoisotopic (exact) mass is 376 g/mol. The number of carbonyl (C=O) groups excluding carboxylic acids is 2. The number of furan rings is 1. The lowest BCUT2D eigenvalue weighted by atomic mass is 9.97. The molecule has 144 valence electrons. The van der Waals surface area contributed by atoms with E-state index in [4.69, 9.17) is 4.42 Å². The molecular formula is C23H24N2O3. The van der Waals surface area contributed by atoms with Gasteiger partial charge in [0.25, 0.3) is 5.91 Å². The highest BCUT2D eigenvalue weighted by atomic mass is 16.3. The van der Waals surface area contributed by atoms with Crippen molar-refractivity contribution < 1.29 is 14.0 Å². The number of hydrogen-bond donors (Lipinski definition) is 2. The lowest BCUT2D eigenvalue weighted by Gasteiger charge is -2.20. The number of amides is 2. The minimum atomic E-state index is -0.271. The maximum atomic E-state index is 12.5. The van der Waals surface area contributed by atoms with E-state index in [0.717, 1.165) is 11.1 Å². The molecule has 1 heterocycles. The van der Waals surface area contributed by atoms with Crippen LogP contribution in [0, 0.1) is 6.92 Å². The number of nitrogens with one attached hydrogen (secondary N) is 2. The summed E-state index contributed by atoms with van der Waals surface area (Å²) in [4.78, 5) is 24.3. The lowest BCUT2D eigenvalue weighted by Crippen LogP contribution is -2.30. The maximum Gasteiger partial charge on any atom is 0.286 e. The first-order chi connectivity index (χ1) is 13.6. The van der Waals surface area contributed by atoms with Gasteiger partial charge in [-0.05, 0) is 36.6 Å². The van der Waals surface area contributed by atoms with E-state index in [-0.39, 0.29) is 23.6 Å². The van der Waals surface area contributed by atoms with Crippen LogP contribution < -0.4 is 10.6 Å². The van der Waals surface area contributed by atoms with Crippen molar-refractivity contribution in [2.45, 2.75) is 25.8 Å². The highest BCUT2D eigenvalue weighted by molar-refractivity contribution is 5.91. The van der Waals surface area contributed by atoms with Gasteiger partial charge in [-0.1, -0.05) is 60.2 Å². The molecule has 1 atom stereocenters. The molecule has 0 aliphatic heterocycles. The molecule has 0 fully saturated rings. The molecule has 5 nitrogen and oxygen atoms in total. The largest absolute Gasteiger partial charge is 0.459 e. The minimum absolute atomic E-state index is 0.0540. The average molecular weight is 376 g/mol. The number of benzene rings is 2. The van der Waals surface area contributed by atoms with E-state index in [1.807, 2.05) is 61.5 Å². The molecule has 3 aromatic rings. The second-order valence-corrected chi connectivity index (χ2v) is 6.66. The van der Waals surface area contributed by atoms with Crippen molar-refractivity contribution in [2.24, 2.45) is 0 Å². The average Bonchev–Trinajstić information content (AvgIpc) is 3.26. The van der Waals surface area contributed by atoms with Crippen molar-refractivity contribution in [1.29, 1.82) is 0 Å². The third-order valence-electron chi connectivity index (χ3n) is 4.46. The van der Waals surface area contributed by atoms with Crippen LogP contribution in [0.1, 0.15) is 46.1 Å². The second kappa shape index (κ2) is 9.55. The van der Waals surface area contributed by atoms with Gasteiger partial charge in [0.05, 0.1) is 12.3 Å². The summed E-state index contributed by atoms with van der Waals surface area (Å²) in [5.41, 5.74) is 3.25. The fourth-order valence-electron chi connectivity index (χ4n) is 2.94. The summed E-state index contributed by atoms with van der Waals surface area (Å²) in [5.74, 6) is -0.0538. The number of rotatable bonds is 8. The summed E-state index contributed by atoms with van der Waals surface area (Å²) in [6, 6.07) is 21.1. The third-order valence-corrected chi connectivity index (χ3v) is 4.46. The van der Waals surface area contributed by atoms with Crippen molar-refractivity contribution in [3.05, 3.63) is 95.4 Å². The number of hydrogen-bond acceptors (Lipinski definition) is 3. The Hall–Kier alpha value is -3.34. The fraction of sp³-hybridized carbons (Fsp3) is 0.217. The quantitative estimate of drug-likeness (QED) is 0.584. The van der Waals surface area contributed by atoms with Crippen molar-refractivity contribution in [1.82, 2.24) is 10.6 Å². The Morgan fingerprint density at radius 2 is 1.64 bits per heavy atom. The predicted molar refractivity (Wildman–Crippen MR) is 108 cm³/mol. The van der Waals surface area contributed by atoms with E-state index in [0.29, 0.717) is 19.4 Å². The van der Waals surface area contributed by atoms with Gasteiger partial charge in [-0.15, -0.1) is 0 Å². The first-order valence-electron chi connectivity index (χ1n) is 9.36. The van der Waals surface area contributed by atoms with Crippen LogP contribution in [0.2, 0.25) is 0 Å². The van der Waals surface area contributed by atoms with Gasteiger partial charge in [0.1, 0.15) is 0 Å². The molecule has 0 bridgehead atoms. The van der Waals surface area contributed by atoms with E-state index in [1.165, 1.54) is 11.8 Å². The third kappa shape index (κ3) is 5.33. The Morgan fingerprint density at radius 3 is 2.32 bits per heavy atom. The van der Waals surface area contributed by atoms with Gasteiger partial charge in [0.15, 0.2) is 5.76 Å². The van der Waals surface area contributed by atoms with E-state index < -0.39 is 0 Å². The normalized spacial score (nSPS) is 11.6. The molecule has 0 spiro atoms. The second-order valence-electron chi connectivity index (χ2n) is 6.66. The van der Waals surface area contributed by atoms with Crippen LogP contribution >= 0.6 is 0 Å². The molecule has 1 unspecified atom stereocenters. The minimum Gasteiger partial charge on any atom is -0.459 e. The van der Waals surface area contributed by atoms with E-state index in [2.05, 4.69) is 10.6 Å². The molecule has 28 heavy (non-hydrogen) atoms. The summed E-state index contributed by atoms with van der Waals surface area (Å²) in [6.45, 7) is 2.45. The SMILES string of the molecule is Cc1ccc(C(NC(=O)CCCNC(=O)c2ccco2)c2ccccc2)cc1. The summed E-state index contributed by atoms with van der Waals surface area (Å²) in [7, 11) is 0. The predicted octanol–water partition coefficient (Wildman–Crippen LogP) is 4.00. The van der Waals surface area contributed by atoms with E-state index in [9.17, 15) is 9.59 Å². The highest BCUT2D eigenvalue weighted by Gasteiger charge is 2.16. The van der Waals surface area contributed by atoms with Gasteiger partial charge in [-0.3, -0.25) is 9.59 Å². The summed E-state index contributed by atoms with van der Waals surface area (Å²) in [6.07, 6.45) is 2.33. The van der Waals surface area contributed by atoms with Gasteiger partial charge < -0.3 is 15.1 Å². The van der Waals surface area contributed by atoms with Crippen molar-refractivity contribution in [2.75, 3.05) is 6.54 Å². The molecule has 0 saturated carbocycles. The Bertz CT molecular complexity index is 887. The zero-order valence-corrected chi connectivity index (χ0v) is 15.9. The Labute approximate surface area is 164 Å². The summed E-state index contributed by atoms with van der Waals surface area (Å²) >= 11 is 0. The summed E-state index contributed by atoms with van der Waals surface area (Å²) < 4.78 is 5.04. The van der Waals surface area contributed by atoms with Crippen LogP contribution in [0.3, 0.4) is 0 Å². The molecular weight excluding hydrogens is 352 g/mol. The molecule has 5 heteroatoms. The van der Waals surface area contributed by atoms with E-state index in [1.54, 1.807) is 12.1 Å². The van der Waals surface area contributed by atoms with Crippen LogP contribution in [0.4, 0.5) is 0 Å². The van der Waals surface area contributed by atoms with Crippen LogP contribution in [-0.4, -0.2) is 18.4 Å². The van der Waals surface area contributed by atoms with Gasteiger partial charge in [0.2, 0.25) is 5.91 Å². The fourth-order valence-corrected chi connectivity index (χ4v) is 2.94. The summed E-state index contributed by atoms with van der Waals surface area (Å²) in [5, 5.41) is 5.87. The van der Waals surface area contributed by atoms with Gasteiger partial charge in [-0.2, -0.15) is 0 Å².